The number of fused-ring (bicyclic) bond motifs is 1. The number of amides is 1. The van der Waals surface area contributed by atoms with Crippen molar-refractivity contribution in [3.63, 3.8) is 0 Å². The molecule has 1 N–H and O–H groups in total. The Morgan fingerprint density at radius 2 is 2.47 bits per heavy atom. The van der Waals surface area contributed by atoms with E-state index in [0.29, 0.717) is 11.6 Å². The SMILES string of the molecule is CC(=O)NCc1cc2nccc(Cl)c2s1. The maximum Gasteiger partial charge on any atom is 0.217 e. The van der Waals surface area contributed by atoms with E-state index in [9.17, 15) is 4.79 Å². The molecule has 0 unspecified atom stereocenters. The second kappa shape index (κ2) is 4.16. The lowest BCUT2D eigenvalue weighted by atomic mass is 10.3. The molecular weight excluding hydrogens is 232 g/mol. The Labute approximate surface area is 96.1 Å². The summed E-state index contributed by atoms with van der Waals surface area (Å²) in [5.74, 6) is -0.0356. The minimum Gasteiger partial charge on any atom is -0.351 e. The van der Waals surface area contributed by atoms with Crippen LogP contribution in [0.2, 0.25) is 5.02 Å². The molecule has 2 heterocycles. The van der Waals surface area contributed by atoms with Crippen molar-refractivity contribution >= 4 is 39.1 Å². The summed E-state index contributed by atoms with van der Waals surface area (Å²) in [4.78, 5) is 16.0. The van der Waals surface area contributed by atoms with Gasteiger partial charge >= 0.3 is 0 Å². The van der Waals surface area contributed by atoms with Crippen molar-refractivity contribution in [2.75, 3.05) is 0 Å². The highest BCUT2D eigenvalue weighted by molar-refractivity contribution is 7.19. The van der Waals surface area contributed by atoms with Crippen LogP contribution in [0.3, 0.4) is 0 Å². The molecule has 0 aliphatic rings. The number of thiophene rings is 1. The number of carbonyl (C=O) groups excluding carboxylic acids is 1. The molecule has 0 atom stereocenters. The Morgan fingerprint density at radius 3 is 3.13 bits per heavy atom. The minimum absolute atomic E-state index is 0.0356. The Morgan fingerprint density at radius 1 is 1.67 bits per heavy atom. The fraction of sp³-hybridized carbons (Fsp3) is 0.200. The van der Waals surface area contributed by atoms with Crippen LogP contribution in [0.25, 0.3) is 10.2 Å². The third-order valence-electron chi connectivity index (χ3n) is 1.93. The molecule has 5 heteroatoms. The van der Waals surface area contributed by atoms with Crippen LogP contribution >= 0.6 is 22.9 Å². The zero-order valence-electron chi connectivity index (χ0n) is 8.08. The van der Waals surface area contributed by atoms with Crippen LogP contribution in [0.1, 0.15) is 11.8 Å². The molecule has 2 rings (SSSR count). The normalized spacial score (nSPS) is 10.5. The van der Waals surface area contributed by atoms with Gasteiger partial charge in [-0.2, -0.15) is 0 Å². The number of aromatic nitrogens is 1. The number of nitrogens with one attached hydrogen (secondary N) is 1. The largest absolute Gasteiger partial charge is 0.351 e. The van der Waals surface area contributed by atoms with Gasteiger partial charge in [-0.3, -0.25) is 9.78 Å². The van der Waals surface area contributed by atoms with E-state index in [4.69, 9.17) is 11.6 Å². The first-order chi connectivity index (χ1) is 7.16. The van der Waals surface area contributed by atoms with Gasteiger partial charge in [0.15, 0.2) is 0 Å². The third kappa shape index (κ3) is 2.27. The van der Waals surface area contributed by atoms with Crippen molar-refractivity contribution < 1.29 is 4.79 Å². The predicted octanol–water partition coefficient (Wildman–Crippen LogP) is 2.59. The third-order valence-corrected chi connectivity index (χ3v) is 3.51. The molecule has 0 saturated heterocycles. The topological polar surface area (TPSA) is 42.0 Å². The second-order valence-electron chi connectivity index (χ2n) is 3.13. The molecule has 0 aliphatic heterocycles. The van der Waals surface area contributed by atoms with Gasteiger partial charge in [0.2, 0.25) is 5.91 Å². The fourth-order valence-electron chi connectivity index (χ4n) is 1.26. The second-order valence-corrected chi connectivity index (χ2v) is 4.67. The zero-order valence-corrected chi connectivity index (χ0v) is 9.65. The summed E-state index contributed by atoms with van der Waals surface area (Å²) in [6, 6.07) is 3.71. The van der Waals surface area contributed by atoms with E-state index in [2.05, 4.69) is 10.3 Å². The summed E-state index contributed by atoms with van der Waals surface area (Å²) in [6.07, 6.45) is 1.68. The van der Waals surface area contributed by atoms with Gasteiger partial charge in [-0.05, 0) is 12.1 Å². The molecule has 15 heavy (non-hydrogen) atoms. The lowest BCUT2D eigenvalue weighted by Crippen LogP contribution is -2.17. The standard InChI is InChI=1S/C10H9ClN2OS/c1-6(14)13-5-7-4-9-10(15-7)8(11)2-3-12-9/h2-4H,5H2,1H3,(H,13,14). The molecule has 78 valence electrons. The van der Waals surface area contributed by atoms with E-state index < -0.39 is 0 Å². The highest BCUT2D eigenvalue weighted by Gasteiger charge is 2.05. The van der Waals surface area contributed by atoms with E-state index in [-0.39, 0.29) is 5.91 Å². The number of halogens is 1. The van der Waals surface area contributed by atoms with Gasteiger partial charge < -0.3 is 5.32 Å². The molecule has 0 bridgehead atoms. The smallest absolute Gasteiger partial charge is 0.217 e. The Kier molecular flexibility index (Phi) is 2.88. The Hall–Kier alpha value is -1.13. The van der Waals surface area contributed by atoms with Crippen LogP contribution in [0, 0.1) is 0 Å². The highest BCUT2D eigenvalue weighted by Crippen LogP contribution is 2.29. The molecule has 0 radical (unpaired) electrons. The van der Waals surface area contributed by atoms with Gasteiger partial charge in [0, 0.05) is 18.0 Å². The summed E-state index contributed by atoms with van der Waals surface area (Å²) in [7, 11) is 0. The van der Waals surface area contributed by atoms with Crippen LogP contribution < -0.4 is 5.32 Å². The summed E-state index contributed by atoms with van der Waals surface area (Å²) in [5.41, 5.74) is 0.882. The van der Waals surface area contributed by atoms with Crippen LogP contribution in [-0.2, 0) is 11.3 Å². The summed E-state index contributed by atoms with van der Waals surface area (Å²) in [6.45, 7) is 2.03. The van der Waals surface area contributed by atoms with Crippen LogP contribution in [-0.4, -0.2) is 10.9 Å². The number of rotatable bonds is 2. The Bertz CT molecular complexity index is 509. The lowest BCUT2D eigenvalue weighted by molar-refractivity contribution is -0.119. The molecule has 3 nitrogen and oxygen atoms in total. The summed E-state index contributed by atoms with van der Waals surface area (Å²) < 4.78 is 0.972. The van der Waals surface area contributed by atoms with E-state index in [1.54, 1.807) is 23.6 Å². The van der Waals surface area contributed by atoms with E-state index in [1.807, 2.05) is 6.07 Å². The molecule has 0 aromatic carbocycles. The maximum absolute atomic E-state index is 10.8. The number of hydrogen-bond donors (Lipinski definition) is 1. The van der Waals surface area contributed by atoms with E-state index in [1.165, 1.54) is 6.92 Å². The van der Waals surface area contributed by atoms with E-state index in [0.717, 1.165) is 15.1 Å². The molecule has 0 saturated carbocycles. The number of nitrogens with zero attached hydrogens (tertiary/aromatic N) is 1. The first kappa shape index (κ1) is 10.4. The average Bonchev–Trinajstić information content (AvgIpc) is 2.59. The van der Waals surface area contributed by atoms with Crippen molar-refractivity contribution in [2.24, 2.45) is 0 Å². The number of carbonyl (C=O) groups is 1. The average molecular weight is 241 g/mol. The zero-order chi connectivity index (χ0) is 10.8. The first-order valence-corrected chi connectivity index (χ1v) is 5.63. The summed E-state index contributed by atoms with van der Waals surface area (Å²) in [5, 5.41) is 3.45. The monoisotopic (exact) mass is 240 g/mol. The molecule has 0 spiro atoms. The van der Waals surface area contributed by atoms with Crippen molar-refractivity contribution in [1.29, 1.82) is 0 Å². The fourth-order valence-corrected chi connectivity index (χ4v) is 2.48. The highest BCUT2D eigenvalue weighted by atomic mass is 35.5. The van der Waals surface area contributed by atoms with Crippen molar-refractivity contribution in [2.45, 2.75) is 13.5 Å². The van der Waals surface area contributed by atoms with Gasteiger partial charge in [-0.1, -0.05) is 11.6 Å². The molecule has 0 fully saturated rings. The molecule has 2 aromatic heterocycles. The molecule has 2 aromatic rings. The Balaban J connectivity index is 2.31. The summed E-state index contributed by atoms with van der Waals surface area (Å²) >= 11 is 7.57. The van der Waals surface area contributed by atoms with Crippen molar-refractivity contribution in [3.8, 4) is 0 Å². The van der Waals surface area contributed by atoms with Gasteiger partial charge in [-0.25, -0.2) is 0 Å². The van der Waals surface area contributed by atoms with Crippen LogP contribution in [0.4, 0.5) is 0 Å². The lowest BCUT2D eigenvalue weighted by Gasteiger charge is -1.96. The quantitative estimate of drug-likeness (QED) is 0.877. The number of pyridine rings is 1. The van der Waals surface area contributed by atoms with Gasteiger partial charge in [0.1, 0.15) is 0 Å². The van der Waals surface area contributed by atoms with Gasteiger partial charge in [0.05, 0.1) is 21.8 Å². The van der Waals surface area contributed by atoms with Gasteiger partial charge in [0.25, 0.3) is 0 Å². The van der Waals surface area contributed by atoms with E-state index >= 15 is 0 Å². The van der Waals surface area contributed by atoms with Crippen molar-refractivity contribution in [3.05, 3.63) is 28.2 Å². The molecule has 1 amide bonds. The van der Waals surface area contributed by atoms with Crippen molar-refractivity contribution in [1.82, 2.24) is 10.3 Å². The molecule has 0 aliphatic carbocycles. The molecular formula is C10H9ClN2OS. The van der Waals surface area contributed by atoms with Crippen LogP contribution in [0.15, 0.2) is 18.3 Å². The van der Waals surface area contributed by atoms with Crippen LogP contribution in [0.5, 0.6) is 0 Å². The predicted molar refractivity (Wildman–Crippen MR) is 62.2 cm³/mol. The first-order valence-electron chi connectivity index (χ1n) is 4.44. The van der Waals surface area contributed by atoms with Gasteiger partial charge in [-0.15, -0.1) is 11.3 Å². The number of hydrogen-bond acceptors (Lipinski definition) is 3. The maximum atomic E-state index is 10.8. The minimum atomic E-state index is -0.0356.